The van der Waals surface area contributed by atoms with E-state index >= 15 is 0 Å². The van der Waals surface area contributed by atoms with Gasteiger partial charge in [-0.3, -0.25) is 0 Å². The van der Waals surface area contributed by atoms with E-state index in [1.54, 1.807) is 0 Å². The second-order valence-corrected chi connectivity index (χ2v) is 5.66. The highest BCUT2D eigenvalue weighted by atomic mass is 35.5. The molecular formula is C9H12ClFN2O3S. The molecule has 1 atom stereocenters. The smallest absolute Gasteiger partial charge is 0.243 e. The molecule has 0 bridgehead atoms. The summed E-state index contributed by atoms with van der Waals surface area (Å²) in [6.45, 7) is 1.17. The van der Waals surface area contributed by atoms with Gasteiger partial charge in [0.05, 0.1) is 11.1 Å². The van der Waals surface area contributed by atoms with Crippen molar-refractivity contribution >= 4 is 27.3 Å². The molecule has 17 heavy (non-hydrogen) atoms. The summed E-state index contributed by atoms with van der Waals surface area (Å²) in [4.78, 5) is -0.636. The van der Waals surface area contributed by atoms with Gasteiger partial charge in [-0.25, -0.2) is 17.5 Å². The minimum Gasteiger partial charge on any atom is -0.399 e. The largest absolute Gasteiger partial charge is 0.399 e. The minimum absolute atomic E-state index is 0.0359. The first-order valence-corrected chi connectivity index (χ1v) is 6.52. The van der Waals surface area contributed by atoms with Crippen LogP contribution < -0.4 is 10.5 Å². The van der Waals surface area contributed by atoms with Crippen LogP contribution in [0.15, 0.2) is 17.0 Å². The van der Waals surface area contributed by atoms with Gasteiger partial charge in [0.25, 0.3) is 0 Å². The number of nitrogens with one attached hydrogen (secondary N) is 1. The molecular weight excluding hydrogens is 271 g/mol. The molecule has 0 fully saturated rings. The van der Waals surface area contributed by atoms with E-state index in [1.807, 2.05) is 4.72 Å². The molecule has 0 saturated carbocycles. The van der Waals surface area contributed by atoms with E-state index in [4.69, 9.17) is 22.4 Å². The predicted octanol–water partition coefficient (Wildman–Crippen LogP) is 0.720. The first-order chi connectivity index (χ1) is 7.74. The first kappa shape index (κ1) is 14.2. The monoisotopic (exact) mass is 282 g/mol. The van der Waals surface area contributed by atoms with Gasteiger partial charge in [-0.15, -0.1) is 0 Å². The van der Waals surface area contributed by atoms with Crippen LogP contribution in [0.4, 0.5) is 10.1 Å². The number of benzene rings is 1. The van der Waals surface area contributed by atoms with Gasteiger partial charge in [-0.1, -0.05) is 11.6 Å². The van der Waals surface area contributed by atoms with Crippen LogP contribution in [0, 0.1) is 5.82 Å². The van der Waals surface area contributed by atoms with E-state index in [1.165, 1.54) is 6.92 Å². The molecule has 0 aliphatic rings. The Hall–Kier alpha value is -0.890. The maximum Gasteiger partial charge on any atom is 0.243 e. The fourth-order valence-electron chi connectivity index (χ4n) is 1.09. The predicted molar refractivity (Wildman–Crippen MR) is 62.7 cm³/mol. The highest BCUT2D eigenvalue weighted by molar-refractivity contribution is 7.89. The summed E-state index contributed by atoms with van der Waals surface area (Å²) in [6, 6.07) is 2.08. The normalized spacial score (nSPS) is 13.6. The van der Waals surface area contributed by atoms with Gasteiger partial charge < -0.3 is 10.8 Å². The van der Waals surface area contributed by atoms with Crippen molar-refractivity contribution in [2.75, 3.05) is 12.3 Å². The molecule has 0 spiro atoms. The molecule has 5 nitrogen and oxygen atoms in total. The zero-order valence-corrected chi connectivity index (χ0v) is 10.5. The second-order valence-electron chi connectivity index (χ2n) is 3.52. The van der Waals surface area contributed by atoms with Crippen molar-refractivity contribution < 1.29 is 17.9 Å². The Labute approximate surface area is 103 Å². The van der Waals surface area contributed by atoms with E-state index in [-0.39, 0.29) is 17.3 Å². The number of anilines is 1. The number of aliphatic hydroxyl groups is 1. The molecule has 0 aliphatic heterocycles. The van der Waals surface area contributed by atoms with Gasteiger partial charge in [0, 0.05) is 12.2 Å². The standard InChI is InChI=1S/C9H12ClFN2O3S/c1-5(14)4-13-17(15,16)8-3-6(12)2-7(10)9(8)11/h2-3,5,13-14H,4,12H2,1H3/t5-/m1/s1. The summed E-state index contributed by atoms with van der Waals surface area (Å²) in [7, 11) is -4.08. The van der Waals surface area contributed by atoms with Crippen molar-refractivity contribution in [1.82, 2.24) is 4.72 Å². The van der Waals surface area contributed by atoms with Crippen molar-refractivity contribution in [2.24, 2.45) is 0 Å². The molecule has 1 aromatic carbocycles. The Bertz CT molecular complexity index is 519. The highest BCUT2D eigenvalue weighted by Crippen LogP contribution is 2.25. The third kappa shape index (κ3) is 3.53. The molecule has 0 radical (unpaired) electrons. The number of nitrogens with two attached hydrogens (primary N) is 1. The first-order valence-electron chi connectivity index (χ1n) is 4.66. The SMILES string of the molecule is C[C@@H](O)CNS(=O)(=O)c1cc(N)cc(Cl)c1F. The lowest BCUT2D eigenvalue weighted by Gasteiger charge is -2.10. The fraction of sp³-hybridized carbons (Fsp3) is 0.333. The molecule has 8 heteroatoms. The van der Waals surface area contributed by atoms with Crippen molar-refractivity contribution in [3.8, 4) is 0 Å². The number of nitrogen functional groups attached to an aromatic ring is 1. The van der Waals surface area contributed by atoms with Crippen LogP contribution in [0.2, 0.25) is 5.02 Å². The third-order valence-corrected chi connectivity index (χ3v) is 3.57. The van der Waals surface area contributed by atoms with Gasteiger partial charge in [0.15, 0.2) is 5.82 Å². The van der Waals surface area contributed by atoms with E-state index in [9.17, 15) is 12.8 Å². The zero-order chi connectivity index (χ0) is 13.2. The van der Waals surface area contributed by atoms with Crippen LogP contribution in [0.25, 0.3) is 0 Å². The maximum absolute atomic E-state index is 13.5. The molecule has 0 aliphatic carbocycles. The van der Waals surface area contributed by atoms with Crippen LogP contribution >= 0.6 is 11.6 Å². The molecule has 1 rings (SSSR count). The molecule has 0 heterocycles. The second kappa shape index (κ2) is 5.18. The highest BCUT2D eigenvalue weighted by Gasteiger charge is 2.22. The van der Waals surface area contributed by atoms with Gasteiger partial charge in [-0.2, -0.15) is 0 Å². The summed E-state index contributed by atoms with van der Waals surface area (Å²) in [5.41, 5.74) is 5.42. The maximum atomic E-state index is 13.5. The van der Waals surface area contributed by atoms with Crippen LogP contribution in [0.1, 0.15) is 6.92 Å². The number of rotatable bonds is 4. The van der Waals surface area contributed by atoms with E-state index in [0.29, 0.717) is 0 Å². The Balaban J connectivity index is 3.15. The number of hydrogen-bond acceptors (Lipinski definition) is 4. The van der Waals surface area contributed by atoms with Crippen LogP contribution in [0.3, 0.4) is 0 Å². The van der Waals surface area contributed by atoms with Crippen LogP contribution in [-0.2, 0) is 10.0 Å². The van der Waals surface area contributed by atoms with Gasteiger partial charge in [0.1, 0.15) is 4.90 Å². The molecule has 0 aromatic heterocycles. The Kier molecular flexibility index (Phi) is 4.31. The number of aliphatic hydroxyl groups excluding tert-OH is 1. The third-order valence-electron chi connectivity index (χ3n) is 1.88. The van der Waals surface area contributed by atoms with Gasteiger partial charge in [0.2, 0.25) is 10.0 Å². The van der Waals surface area contributed by atoms with Crippen LogP contribution in [0.5, 0.6) is 0 Å². The van der Waals surface area contributed by atoms with E-state index < -0.39 is 26.8 Å². The lowest BCUT2D eigenvalue weighted by Crippen LogP contribution is -2.31. The number of hydrogen-bond donors (Lipinski definition) is 3. The van der Waals surface area contributed by atoms with Gasteiger partial charge in [-0.05, 0) is 19.1 Å². The average Bonchev–Trinajstić information content (AvgIpc) is 2.20. The van der Waals surface area contributed by atoms with Gasteiger partial charge >= 0.3 is 0 Å². The van der Waals surface area contributed by atoms with E-state index in [2.05, 4.69) is 0 Å². The van der Waals surface area contributed by atoms with Crippen molar-refractivity contribution in [2.45, 2.75) is 17.9 Å². The Morgan fingerprint density at radius 2 is 2.18 bits per heavy atom. The topological polar surface area (TPSA) is 92.4 Å². The molecule has 96 valence electrons. The summed E-state index contributed by atoms with van der Waals surface area (Å²) >= 11 is 5.49. The van der Waals surface area contributed by atoms with Crippen molar-refractivity contribution in [3.05, 3.63) is 23.0 Å². The molecule has 1 aromatic rings. The van der Waals surface area contributed by atoms with Crippen molar-refractivity contribution in [3.63, 3.8) is 0 Å². The molecule has 4 N–H and O–H groups in total. The zero-order valence-electron chi connectivity index (χ0n) is 8.94. The van der Waals surface area contributed by atoms with E-state index in [0.717, 1.165) is 12.1 Å². The molecule has 0 saturated heterocycles. The molecule has 0 amide bonds. The summed E-state index contributed by atoms with van der Waals surface area (Å²) in [5, 5.41) is 8.60. The minimum atomic E-state index is -4.08. The average molecular weight is 283 g/mol. The quantitative estimate of drug-likeness (QED) is 0.710. The lowest BCUT2D eigenvalue weighted by atomic mass is 10.3. The Morgan fingerprint density at radius 1 is 1.59 bits per heavy atom. The van der Waals surface area contributed by atoms with Crippen molar-refractivity contribution in [1.29, 1.82) is 0 Å². The molecule has 0 unspecified atom stereocenters. The lowest BCUT2D eigenvalue weighted by molar-refractivity contribution is 0.198. The fourth-order valence-corrected chi connectivity index (χ4v) is 2.62. The Morgan fingerprint density at radius 3 is 2.71 bits per heavy atom. The number of sulfonamides is 1. The van der Waals surface area contributed by atoms with Crippen LogP contribution in [-0.4, -0.2) is 26.2 Å². The summed E-state index contributed by atoms with van der Waals surface area (Å²) in [5.74, 6) is -1.07. The number of halogens is 2. The summed E-state index contributed by atoms with van der Waals surface area (Å²) < 4.78 is 38.9. The summed E-state index contributed by atoms with van der Waals surface area (Å²) in [6.07, 6.45) is -0.885.